The molecule has 0 amide bonds. The molecule has 1 unspecified atom stereocenters. The zero-order valence-electron chi connectivity index (χ0n) is 10.5. The van der Waals surface area contributed by atoms with Crippen molar-refractivity contribution in [3.05, 3.63) is 48.3 Å². The molecule has 0 radical (unpaired) electrons. The molecule has 0 spiro atoms. The van der Waals surface area contributed by atoms with Crippen LogP contribution in [0.1, 0.15) is 11.5 Å². The molecule has 1 aromatic rings. The summed E-state index contributed by atoms with van der Waals surface area (Å²) in [6.07, 6.45) is -6.07. The van der Waals surface area contributed by atoms with E-state index < -0.39 is 30.6 Å². The van der Waals surface area contributed by atoms with Crippen molar-refractivity contribution < 1.29 is 27.5 Å². The largest absolute Gasteiger partial charge is 0.418 e. The maximum absolute atomic E-state index is 13.6. The van der Waals surface area contributed by atoms with Crippen molar-refractivity contribution in [3.8, 4) is 0 Å². The molecule has 112 valence electrons. The van der Waals surface area contributed by atoms with Crippen molar-refractivity contribution in [1.29, 1.82) is 0 Å². The second kappa shape index (κ2) is 7.37. The van der Waals surface area contributed by atoms with Crippen LogP contribution in [0.25, 0.3) is 0 Å². The molecule has 2 N–H and O–H groups in total. The summed E-state index contributed by atoms with van der Waals surface area (Å²) in [6, 6.07) is 5.63. The van der Waals surface area contributed by atoms with Gasteiger partial charge in [-0.1, -0.05) is 24.3 Å². The van der Waals surface area contributed by atoms with Gasteiger partial charge in [-0.25, -0.2) is 9.87 Å². The van der Waals surface area contributed by atoms with E-state index in [-0.39, 0.29) is 12.1 Å². The third kappa shape index (κ3) is 4.59. The Labute approximate surface area is 113 Å². The molecule has 7 heteroatoms. The Morgan fingerprint density at radius 3 is 2.50 bits per heavy atom. The van der Waals surface area contributed by atoms with Crippen LogP contribution in [0.2, 0.25) is 0 Å². The number of halogens is 4. The van der Waals surface area contributed by atoms with Crippen LogP contribution in [0, 0.1) is 5.82 Å². The van der Waals surface area contributed by atoms with E-state index in [1.807, 2.05) is 5.48 Å². The number of rotatable bonds is 7. The van der Waals surface area contributed by atoms with Crippen molar-refractivity contribution in [2.24, 2.45) is 0 Å². The number of ether oxygens (including phenoxy) is 1. The van der Waals surface area contributed by atoms with Gasteiger partial charge in [-0.15, -0.1) is 6.58 Å². The second-order valence-electron chi connectivity index (χ2n) is 4.11. The minimum Gasteiger partial charge on any atom is -0.364 e. The molecule has 0 aliphatic rings. The first-order valence-corrected chi connectivity index (χ1v) is 5.82. The Hall–Kier alpha value is -1.44. The molecular weight excluding hydrogens is 278 g/mol. The van der Waals surface area contributed by atoms with Crippen molar-refractivity contribution in [2.45, 2.75) is 18.2 Å². The van der Waals surface area contributed by atoms with Gasteiger partial charge in [0, 0.05) is 12.5 Å². The van der Waals surface area contributed by atoms with Gasteiger partial charge in [0.05, 0.1) is 6.61 Å². The maximum atomic E-state index is 13.6. The number of nitrogens with one attached hydrogen (secondary N) is 1. The van der Waals surface area contributed by atoms with E-state index >= 15 is 0 Å². The lowest BCUT2D eigenvalue weighted by atomic mass is 9.99. The van der Waals surface area contributed by atoms with Crippen molar-refractivity contribution in [1.82, 2.24) is 5.48 Å². The van der Waals surface area contributed by atoms with Crippen LogP contribution in [0.5, 0.6) is 0 Å². The van der Waals surface area contributed by atoms with Crippen LogP contribution in [0.3, 0.4) is 0 Å². The highest BCUT2D eigenvalue weighted by atomic mass is 19.4. The highest BCUT2D eigenvalue weighted by molar-refractivity contribution is 5.22. The predicted molar refractivity (Wildman–Crippen MR) is 64.9 cm³/mol. The predicted octanol–water partition coefficient (Wildman–Crippen LogP) is 3.02. The minimum atomic E-state index is -4.58. The molecule has 2 atom stereocenters. The number of hydrogen-bond donors (Lipinski definition) is 2. The van der Waals surface area contributed by atoms with Crippen LogP contribution in [0.4, 0.5) is 17.6 Å². The zero-order valence-corrected chi connectivity index (χ0v) is 10.5. The normalized spacial score (nSPS) is 14.8. The first-order valence-electron chi connectivity index (χ1n) is 5.82. The van der Waals surface area contributed by atoms with E-state index in [1.54, 1.807) is 6.07 Å². The molecule has 1 aromatic carbocycles. The molecule has 0 aromatic heterocycles. The van der Waals surface area contributed by atoms with Crippen LogP contribution in [-0.2, 0) is 4.74 Å². The Bertz CT molecular complexity index is 437. The summed E-state index contributed by atoms with van der Waals surface area (Å²) in [5.74, 6) is -1.33. The summed E-state index contributed by atoms with van der Waals surface area (Å²) in [5.41, 5.74) is 1.99. The number of alkyl halides is 3. The van der Waals surface area contributed by atoms with Crippen LogP contribution >= 0.6 is 0 Å². The lowest BCUT2D eigenvalue weighted by Crippen LogP contribution is -2.32. The molecule has 0 aliphatic heterocycles. The Morgan fingerprint density at radius 2 is 2.00 bits per heavy atom. The maximum Gasteiger partial charge on any atom is 0.418 e. The Kier molecular flexibility index (Phi) is 6.12. The molecule has 0 saturated carbocycles. The second-order valence-corrected chi connectivity index (χ2v) is 4.11. The fourth-order valence-electron chi connectivity index (χ4n) is 1.69. The average molecular weight is 293 g/mol. The first-order chi connectivity index (χ1) is 9.40. The summed E-state index contributed by atoms with van der Waals surface area (Å²) in [6.45, 7) is 2.51. The van der Waals surface area contributed by atoms with Crippen molar-refractivity contribution >= 4 is 0 Å². The highest BCUT2D eigenvalue weighted by Crippen LogP contribution is 2.26. The quantitative estimate of drug-likeness (QED) is 0.461. The molecule has 1 rings (SSSR count). The van der Waals surface area contributed by atoms with Crippen molar-refractivity contribution in [3.63, 3.8) is 0 Å². The third-order valence-corrected chi connectivity index (χ3v) is 2.70. The van der Waals surface area contributed by atoms with E-state index in [2.05, 4.69) is 6.58 Å². The summed E-state index contributed by atoms with van der Waals surface area (Å²) < 4.78 is 55.8. The highest BCUT2D eigenvalue weighted by Gasteiger charge is 2.38. The molecule has 0 fully saturated rings. The van der Waals surface area contributed by atoms with Gasteiger partial charge in [0.15, 0.2) is 6.10 Å². The van der Waals surface area contributed by atoms with Gasteiger partial charge in [-0.2, -0.15) is 13.2 Å². The molecule has 0 bridgehead atoms. The molecular formula is C13H15F4NO2. The standard InChI is InChI=1S/C13H15F4NO2/c1-2-12(13(15,16)17)20-8-9(7-18-19)10-5-3-4-6-11(10)14/h2-6,9,12,18-19H,1,7-8H2/t9?,12-/m0/s1. The number of hydrogen-bond acceptors (Lipinski definition) is 3. The summed E-state index contributed by atoms with van der Waals surface area (Å²) >= 11 is 0. The third-order valence-electron chi connectivity index (χ3n) is 2.70. The van der Waals surface area contributed by atoms with Gasteiger partial charge in [0.25, 0.3) is 0 Å². The first kappa shape index (κ1) is 16.6. The Balaban J connectivity index is 2.78. The SMILES string of the molecule is C=C[C@H](OCC(CNO)c1ccccc1F)C(F)(F)F. The van der Waals surface area contributed by atoms with Gasteiger partial charge in [0.2, 0.25) is 0 Å². The smallest absolute Gasteiger partial charge is 0.364 e. The summed E-state index contributed by atoms with van der Waals surface area (Å²) in [7, 11) is 0. The van der Waals surface area contributed by atoms with Crippen molar-refractivity contribution in [2.75, 3.05) is 13.2 Å². The molecule has 0 saturated heterocycles. The number of benzene rings is 1. The summed E-state index contributed by atoms with van der Waals surface area (Å²) in [4.78, 5) is 0. The fraction of sp³-hybridized carbons (Fsp3) is 0.385. The van der Waals surface area contributed by atoms with Gasteiger partial charge in [-0.3, -0.25) is 0 Å². The van der Waals surface area contributed by atoms with Gasteiger partial charge >= 0.3 is 6.18 Å². The molecule has 0 aliphatic carbocycles. The topological polar surface area (TPSA) is 41.5 Å². The Morgan fingerprint density at radius 1 is 1.35 bits per heavy atom. The van der Waals surface area contributed by atoms with Crippen LogP contribution < -0.4 is 5.48 Å². The van der Waals surface area contributed by atoms with E-state index in [4.69, 9.17) is 9.94 Å². The minimum absolute atomic E-state index is 0.136. The summed E-state index contributed by atoms with van der Waals surface area (Å²) in [5, 5.41) is 8.70. The lowest BCUT2D eigenvalue weighted by Gasteiger charge is -2.22. The van der Waals surface area contributed by atoms with E-state index in [0.717, 1.165) is 0 Å². The lowest BCUT2D eigenvalue weighted by molar-refractivity contribution is -0.205. The fourth-order valence-corrected chi connectivity index (χ4v) is 1.69. The van der Waals surface area contributed by atoms with Gasteiger partial charge in [0.1, 0.15) is 5.82 Å². The van der Waals surface area contributed by atoms with E-state index in [9.17, 15) is 17.6 Å². The van der Waals surface area contributed by atoms with Crippen LogP contribution in [-0.4, -0.2) is 30.6 Å². The molecule has 0 heterocycles. The van der Waals surface area contributed by atoms with Gasteiger partial charge in [-0.05, 0) is 11.6 Å². The number of hydroxylamine groups is 1. The molecule has 20 heavy (non-hydrogen) atoms. The van der Waals surface area contributed by atoms with Gasteiger partial charge < -0.3 is 9.94 Å². The van der Waals surface area contributed by atoms with Crippen LogP contribution in [0.15, 0.2) is 36.9 Å². The van der Waals surface area contributed by atoms with E-state index in [1.165, 1.54) is 18.2 Å². The van der Waals surface area contributed by atoms with E-state index in [0.29, 0.717) is 6.08 Å². The average Bonchev–Trinajstić information content (AvgIpc) is 2.37. The molecule has 3 nitrogen and oxygen atoms in total. The zero-order chi connectivity index (χ0) is 15.2. The monoisotopic (exact) mass is 293 g/mol.